The van der Waals surface area contributed by atoms with Gasteiger partial charge in [0.25, 0.3) is 0 Å². The molecule has 1 aliphatic carbocycles. The topological polar surface area (TPSA) is 90.3 Å². The number of rotatable bonds is 3. The molecule has 6 nitrogen and oxygen atoms in total. The maximum atomic E-state index is 9.88. The predicted octanol–water partition coefficient (Wildman–Crippen LogP) is 3.09. The third-order valence-corrected chi connectivity index (χ3v) is 5.14. The number of aryl methyl sites for hydroxylation is 1. The SMILES string of the molecule is Cc1cs/c(=N/C2CCCCC2)n1N=Cc1ccc(O)c(O)c1O. The molecule has 0 spiro atoms. The molecule has 0 radical (unpaired) electrons. The smallest absolute Gasteiger partial charge is 0.206 e. The van der Waals surface area contributed by atoms with Gasteiger partial charge in [0, 0.05) is 10.9 Å². The van der Waals surface area contributed by atoms with Crippen LogP contribution < -0.4 is 4.80 Å². The zero-order valence-electron chi connectivity index (χ0n) is 13.5. The molecule has 0 atom stereocenters. The molecule has 3 rings (SSSR count). The lowest BCUT2D eigenvalue weighted by atomic mass is 9.96. The quantitative estimate of drug-likeness (QED) is 0.589. The Morgan fingerprint density at radius 3 is 2.62 bits per heavy atom. The average molecular weight is 347 g/mol. The van der Waals surface area contributed by atoms with E-state index in [4.69, 9.17) is 4.99 Å². The molecule has 0 amide bonds. The summed E-state index contributed by atoms with van der Waals surface area (Å²) in [7, 11) is 0. The fourth-order valence-corrected chi connectivity index (χ4v) is 3.67. The number of thiazole rings is 1. The van der Waals surface area contributed by atoms with E-state index in [1.54, 1.807) is 16.0 Å². The van der Waals surface area contributed by atoms with Gasteiger partial charge in [-0.25, -0.2) is 4.68 Å². The zero-order chi connectivity index (χ0) is 17.1. The van der Waals surface area contributed by atoms with Crippen LogP contribution in [0.1, 0.15) is 43.4 Å². The van der Waals surface area contributed by atoms with Gasteiger partial charge in [-0.3, -0.25) is 4.99 Å². The van der Waals surface area contributed by atoms with Crippen LogP contribution in [0.5, 0.6) is 17.2 Å². The monoisotopic (exact) mass is 347 g/mol. The molecule has 0 aliphatic heterocycles. The minimum absolute atomic E-state index is 0.326. The van der Waals surface area contributed by atoms with Gasteiger partial charge in [0.15, 0.2) is 11.5 Å². The molecule has 0 bridgehead atoms. The highest BCUT2D eigenvalue weighted by Crippen LogP contribution is 2.36. The summed E-state index contributed by atoms with van der Waals surface area (Å²) in [6.45, 7) is 1.95. The lowest BCUT2D eigenvalue weighted by molar-refractivity contribution is 0.367. The van der Waals surface area contributed by atoms with Crippen molar-refractivity contribution >= 4 is 17.6 Å². The first-order valence-electron chi connectivity index (χ1n) is 8.05. The van der Waals surface area contributed by atoms with E-state index >= 15 is 0 Å². The molecule has 7 heteroatoms. The Kier molecular flexibility index (Phi) is 4.89. The van der Waals surface area contributed by atoms with Gasteiger partial charge in [-0.1, -0.05) is 19.3 Å². The van der Waals surface area contributed by atoms with Gasteiger partial charge in [0.05, 0.1) is 18.0 Å². The van der Waals surface area contributed by atoms with Crippen molar-refractivity contribution in [1.29, 1.82) is 0 Å². The minimum atomic E-state index is -0.543. The summed E-state index contributed by atoms with van der Waals surface area (Å²) in [5, 5.41) is 35.2. The van der Waals surface area contributed by atoms with Crippen molar-refractivity contribution < 1.29 is 15.3 Å². The molecule has 128 valence electrons. The molecule has 24 heavy (non-hydrogen) atoms. The first-order valence-corrected chi connectivity index (χ1v) is 8.93. The molecule has 1 aromatic carbocycles. The molecule has 1 fully saturated rings. The largest absolute Gasteiger partial charge is 0.504 e. The van der Waals surface area contributed by atoms with Crippen molar-refractivity contribution in [3.8, 4) is 17.2 Å². The number of phenols is 3. The number of aromatic hydroxyl groups is 3. The summed E-state index contributed by atoms with van der Waals surface area (Å²) in [5.74, 6) is -1.30. The van der Waals surface area contributed by atoms with Gasteiger partial charge in [-0.05, 0) is 31.9 Å². The second kappa shape index (κ2) is 7.09. The number of hydrogen-bond acceptors (Lipinski definition) is 6. The Morgan fingerprint density at radius 1 is 1.12 bits per heavy atom. The second-order valence-corrected chi connectivity index (χ2v) is 6.84. The van der Waals surface area contributed by atoms with Gasteiger partial charge < -0.3 is 15.3 Å². The maximum absolute atomic E-state index is 9.88. The van der Waals surface area contributed by atoms with Crippen molar-refractivity contribution in [2.45, 2.75) is 45.1 Å². The first kappa shape index (κ1) is 16.6. The number of aromatic nitrogens is 1. The molecular weight excluding hydrogens is 326 g/mol. The molecule has 2 aromatic rings. The van der Waals surface area contributed by atoms with E-state index in [0.29, 0.717) is 11.6 Å². The number of benzene rings is 1. The maximum Gasteiger partial charge on any atom is 0.206 e. The van der Waals surface area contributed by atoms with Crippen LogP contribution in [0.3, 0.4) is 0 Å². The summed E-state index contributed by atoms with van der Waals surface area (Å²) in [4.78, 5) is 5.65. The third kappa shape index (κ3) is 3.46. The number of hydrogen-bond donors (Lipinski definition) is 3. The van der Waals surface area contributed by atoms with Crippen LogP contribution in [0, 0.1) is 6.92 Å². The second-order valence-electron chi connectivity index (χ2n) is 6.01. The summed E-state index contributed by atoms with van der Waals surface area (Å²) in [6.07, 6.45) is 7.43. The lowest BCUT2D eigenvalue weighted by Gasteiger charge is -2.16. The molecular formula is C17H21N3O3S. The van der Waals surface area contributed by atoms with E-state index < -0.39 is 11.5 Å². The van der Waals surface area contributed by atoms with Crippen LogP contribution in [0.25, 0.3) is 0 Å². The summed E-state index contributed by atoms with van der Waals surface area (Å²) < 4.78 is 1.74. The Bertz CT molecular complexity index is 817. The Morgan fingerprint density at radius 2 is 1.88 bits per heavy atom. The van der Waals surface area contributed by atoms with E-state index in [0.717, 1.165) is 23.3 Å². The Balaban J connectivity index is 1.92. The zero-order valence-corrected chi connectivity index (χ0v) is 14.3. The van der Waals surface area contributed by atoms with Crippen LogP contribution in [0.2, 0.25) is 0 Å². The fraction of sp³-hybridized carbons (Fsp3) is 0.412. The van der Waals surface area contributed by atoms with Crippen LogP contribution in [0.4, 0.5) is 0 Å². The van der Waals surface area contributed by atoms with E-state index in [-0.39, 0.29) is 5.75 Å². The van der Waals surface area contributed by atoms with Crippen LogP contribution >= 0.6 is 11.3 Å². The molecule has 0 saturated heterocycles. The van der Waals surface area contributed by atoms with Crippen molar-refractivity contribution in [1.82, 2.24) is 4.68 Å². The third-order valence-electron chi connectivity index (χ3n) is 4.19. The first-order chi connectivity index (χ1) is 11.6. The highest BCUT2D eigenvalue weighted by Gasteiger charge is 2.13. The molecule has 1 saturated carbocycles. The fourth-order valence-electron chi connectivity index (χ4n) is 2.79. The average Bonchev–Trinajstić information content (AvgIpc) is 2.93. The Hall–Kier alpha value is -2.28. The van der Waals surface area contributed by atoms with Gasteiger partial charge in [0.1, 0.15) is 0 Å². The van der Waals surface area contributed by atoms with E-state index in [1.807, 2.05) is 12.3 Å². The Labute approximate surface area is 144 Å². The lowest BCUT2D eigenvalue weighted by Crippen LogP contribution is -2.19. The van der Waals surface area contributed by atoms with Crippen LogP contribution in [0.15, 0.2) is 27.6 Å². The summed E-state index contributed by atoms with van der Waals surface area (Å²) >= 11 is 1.55. The van der Waals surface area contributed by atoms with E-state index in [2.05, 4.69) is 5.10 Å². The predicted molar refractivity (Wildman–Crippen MR) is 93.9 cm³/mol. The van der Waals surface area contributed by atoms with E-state index in [9.17, 15) is 15.3 Å². The minimum Gasteiger partial charge on any atom is -0.504 e. The van der Waals surface area contributed by atoms with Crippen molar-refractivity contribution in [2.75, 3.05) is 0 Å². The molecule has 0 unspecified atom stereocenters. The molecule has 1 heterocycles. The standard InChI is InChI=1S/C17H21N3O3S/c1-11-10-24-17(19-13-5-3-2-4-6-13)20(11)18-9-12-7-8-14(21)16(23)15(12)22/h7-10,13,21-23H,2-6H2,1H3/b18-9?,19-17+. The van der Waals surface area contributed by atoms with Crippen LogP contribution in [-0.2, 0) is 0 Å². The van der Waals surface area contributed by atoms with Gasteiger partial charge in [0.2, 0.25) is 10.6 Å². The van der Waals surface area contributed by atoms with Gasteiger partial charge in [-0.15, -0.1) is 11.3 Å². The van der Waals surface area contributed by atoms with Gasteiger partial charge in [-0.2, -0.15) is 5.10 Å². The van der Waals surface area contributed by atoms with Crippen molar-refractivity contribution in [2.24, 2.45) is 10.1 Å². The van der Waals surface area contributed by atoms with Gasteiger partial charge >= 0.3 is 0 Å². The summed E-state index contributed by atoms with van der Waals surface area (Å²) in [5.41, 5.74) is 1.28. The number of phenolic OH excluding ortho intramolecular Hbond substituents is 3. The van der Waals surface area contributed by atoms with Crippen LogP contribution in [-0.4, -0.2) is 32.3 Å². The molecule has 3 N–H and O–H groups in total. The van der Waals surface area contributed by atoms with Crippen molar-refractivity contribution in [3.05, 3.63) is 33.6 Å². The normalized spacial score (nSPS) is 17.0. The highest BCUT2D eigenvalue weighted by molar-refractivity contribution is 7.07. The van der Waals surface area contributed by atoms with Crippen molar-refractivity contribution in [3.63, 3.8) is 0 Å². The number of nitrogens with zero attached hydrogens (tertiary/aromatic N) is 3. The summed E-state index contributed by atoms with van der Waals surface area (Å²) in [6, 6.07) is 3.16. The molecule has 1 aliphatic rings. The molecule has 1 aromatic heterocycles. The highest BCUT2D eigenvalue weighted by atomic mass is 32.1. The van der Waals surface area contributed by atoms with E-state index in [1.165, 1.54) is 37.6 Å².